The van der Waals surface area contributed by atoms with Crippen molar-refractivity contribution in [3.05, 3.63) is 52.5 Å². The summed E-state index contributed by atoms with van der Waals surface area (Å²) in [6.07, 6.45) is 2.03. The van der Waals surface area contributed by atoms with Crippen LogP contribution < -0.4 is 4.90 Å². The lowest BCUT2D eigenvalue weighted by atomic mass is 10.2. The maximum atomic E-state index is 13.4. The Hall–Kier alpha value is -1.60. The summed E-state index contributed by atoms with van der Waals surface area (Å²) in [7, 11) is 0. The van der Waals surface area contributed by atoms with Crippen LogP contribution in [-0.2, 0) is 0 Å². The number of hydrogen-bond donors (Lipinski definition) is 0. The largest absolute Gasteiger partial charge is 0.302 e. The third kappa shape index (κ3) is 4.94. The minimum absolute atomic E-state index is 0.0300. The summed E-state index contributed by atoms with van der Waals surface area (Å²) in [5.74, 6) is -0.0300. The van der Waals surface area contributed by atoms with Gasteiger partial charge in [0.25, 0.3) is 5.91 Å². The van der Waals surface area contributed by atoms with Crippen LogP contribution in [0.2, 0.25) is 5.02 Å². The molecule has 4 nitrogen and oxygen atoms in total. The van der Waals surface area contributed by atoms with Gasteiger partial charge in [0.1, 0.15) is 0 Å². The Balaban J connectivity index is 1.99. The van der Waals surface area contributed by atoms with E-state index < -0.39 is 0 Å². The van der Waals surface area contributed by atoms with Gasteiger partial charge < -0.3 is 4.90 Å². The Labute approximate surface area is 185 Å². The lowest BCUT2D eigenvalue weighted by Crippen LogP contribution is -2.38. The van der Waals surface area contributed by atoms with Crippen molar-refractivity contribution in [2.45, 2.75) is 25.7 Å². The molecule has 3 aromatic rings. The maximum absolute atomic E-state index is 13.4. The van der Waals surface area contributed by atoms with Crippen molar-refractivity contribution in [1.82, 2.24) is 9.88 Å². The molecule has 0 aliphatic rings. The zero-order chi connectivity index (χ0) is 21.0. The van der Waals surface area contributed by atoms with Crippen molar-refractivity contribution in [3.8, 4) is 0 Å². The number of carbonyl (C=O) groups excluding carboxylic acids is 1. The highest BCUT2D eigenvalue weighted by Crippen LogP contribution is 2.36. The molecule has 3 rings (SSSR count). The number of nitrogens with zero attached hydrogens (tertiary/aromatic N) is 3. The number of fused-ring (bicyclic) bond motifs is 1. The van der Waals surface area contributed by atoms with Gasteiger partial charge in [0.15, 0.2) is 5.13 Å². The standard InChI is InChI=1S/C22H26ClN3OS2/c1-5-25(6-2)13-14-26(21(27)16-8-10-17(28-4)11-9-16)22-24-19-15(3)7-12-18(23)20(19)29-22/h7-12H,5-6,13-14H2,1-4H3. The van der Waals surface area contributed by atoms with Gasteiger partial charge in [0.05, 0.1) is 15.2 Å². The Bertz CT molecular complexity index is 945. The summed E-state index contributed by atoms with van der Waals surface area (Å²) in [5, 5.41) is 1.37. The molecule has 1 amide bonds. The molecule has 0 saturated carbocycles. The van der Waals surface area contributed by atoms with Crippen LogP contribution in [0.25, 0.3) is 10.2 Å². The fourth-order valence-corrected chi connectivity index (χ4v) is 4.91. The number of aromatic nitrogens is 1. The van der Waals surface area contributed by atoms with E-state index in [2.05, 4.69) is 18.7 Å². The van der Waals surface area contributed by atoms with Crippen molar-refractivity contribution in [2.24, 2.45) is 0 Å². The van der Waals surface area contributed by atoms with Gasteiger partial charge in [0.2, 0.25) is 0 Å². The van der Waals surface area contributed by atoms with E-state index in [1.807, 2.05) is 49.6 Å². The molecule has 0 radical (unpaired) electrons. The second-order valence-electron chi connectivity index (χ2n) is 6.75. The predicted octanol–water partition coefficient (Wildman–Crippen LogP) is 5.97. The molecule has 1 aromatic heterocycles. The minimum Gasteiger partial charge on any atom is -0.302 e. The monoisotopic (exact) mass is 447 g/mol. The summed E-state index contributed by atoms with van der Waals surface area (Å²) in [4.78, 5) is 23.5. The van der Waals surface area contributed by atoms with E-state index in [9.17, 15) is 4.79 Å². The Morgan fingerprint density at radius 1 is 1.10 bits per heavy atom. The fraction of sp³-hybridized carbons (Fsp3) is 0.364. The highest BCUT2D eigenvalue weighted by Gasteiger charge is 2.23. The average molecular weight is 448 g/mol. The van der Waals surface area contributed by atoms with Crippen LogP contribution in [0.3, 0.4) is 0 Å². The molecule has 0 fully saturated rings. The quantitative estimate of drug-likeness (QED) is 0.398. The smallest absolute Gasteiger partial charge is 0.260 e. The first kappa shape index (κ1) is 22.1. The van der Waals surface area contributed by atoms with E-state index in [4.69, 9.17) is 16.6 Å². The predicted molar refractivity (Wildman–Crippen MR) is 127 cm³/mol. The Kier molecular flexibility index (Phi) is 7.57. The van der Waals surface area contributed by atoms with Crippen molar-refractivity contribution in [2.75, 3.05) is 37.3 Å². The molecule has 0 spiro atoms. The maximum Gasteiger partial charge on any atom is 0.260 e. The molecule has 29 heavy (non-hydrogen) atoms. The first-order valence-corrected chi connectivity index (χ1v) is 12.1. The van der Waals surface area contributed by atoms with Crippen LogP contribution >= 0.6 is 34.7 Å². The molecule has 0 unspecified atom stereocenters. The van der Waals surface area contributed by atoms with Gasteiger partial charge in [0, 0.05) is 23.5 Å². The summed E-state index contributed by atoms with van der Waals surface area (Å²) >= 11 is 9.55. The molecule has 0 saturated heterocycles. The molecule has 0 N–H and O–H groups in total. The lowest BCUT2D eigenvalue weighted by Gasteiger charge is -2.24. The van der Waals surface area contributed by atoms with Gasteiger partial charge >= 0.3 is 0 Å². The number of carbonyl (C=O) groups is 1. The van der Waals surface area contributed by atoms with E-state index >= 15 is 0 Å². The number of aryl methyl sites for hydroxylation is 1. The van der Waals surface area contributed by atoms with Crippen molar-refractivity contribution >= 4 is 56.0 Å². The van der Waals surface area contributed by atoms with Crippen LogP contribution in [0.4, 0.5) is 5.13 Å². The van der Waals surface area contributed by atoms with E-state index in [0.29, 0.717) is 22.3 Å². The van der Waals surface area contributed by atoms with Crippen LogP contribution in [0, 0.1) is 6.92 Å². The summed E-state index contributed by atoms with van der Waals surface area (Å²) in [6.45, 7) is 9.57. The molecule has 0 atom stereocenters. The SMILES string of the molecule is CCN(CC)CCN(C(=O)c1ccc(SC)cc1)c1nc2c(C)ccc(Cl)c2s1. The first-order valence-electron chi connectivity index (χ1n) is 9.72. The van der Waals surface area contributed by atoms with E-state index in [-0.39, 0.29) is 5.91 Å². The number of thioether (sulfide) groups is 1. The number of thiazole rings is 1. The van der Waals surface area contributed by atoms with Crippen LogP contribution in [-0.4, -0.2) is 48.2 Å². The van der Waals surface area contributed by atoms with E-state index in [0.717, 1.165) is 40.3 Å². The molecule has 0 aliphatic heterocycles. The normalized spacial score (nSPS) is 11.4. The third-order valence-corrected chi connectivity index (χ3v) is 7.32. The first-order chi connectivity index (χ1) is 14.0. The summed E-state index contributed by atoms with van der Waals surface area (Å²) in [6, 6.07) is 11.6. The number of hydrogen-bond acceptors (Lipinski definition) is 5. The highest BCUT2D eigenvalue weighted by molar-refractivity contribution is 7.98. The third-order valence-electron chi connectivity index (χ3n) is 5.03. The molecule has 7 heteroatoms. The van der Waals surface area contributed by atoms with Crippen LogP contribution in [0.15, 0.2) is 41.3 Å². The Morgan fingerprint density at radius 3 is 2.38 bits per heavy atom. The van der Waals surface area contributed by atoms with E-state index in [1.54, 1.807) is 16.7 Å². The van der Waals surface area contributed by atoms with Gasteiger partial charge in [-0.25, -0.2) is 4.98 Å². The number of anilines is 1. The summed E-state index contributed by atoms with van der Waals surface area (Å²) < 4.78 is 0.931. The second-order valence-corrected chi connectivity index (χ2v) is 9.02. The number of likely N-dealkylation sites (N-methyl/N-ethyl adjacent to an activating group) is 1. The minimum atomic E-state index is -0.0300. The van der Waals surface area contributed by atoms with Crippen molar-refractivity contribution in [3.63, 3.8) is 0 Å². The van der Waals surface area contributed by atoms with E-state index in [1.165, 1.54) is 11.3 Å². The van der Waals surface area contributed by atoms with Gasteiger partial charge in [-0.3, -0.25) is 9.69 Å². The molecule has 154 valence electrons. The molecule has 0 bridgehead atoms. The molecule has 2 aromatic carbocycles. The van der Waals surface area contributed by atoms with Crippen molar-refractivity contribution < 1.29 is 4.79 Å². The number of amides is 1. The molecular weight excluding hydrogens is 422 g/mol. The molecular formula is C22H26ClN3OS2. The summed E-state index contributed by atoms with van der Waals surface area (Å²) in [5.41, 5.74) is 2.60. The number of halogens is 1. The zero-order valence-electron chi connectivity index (χ0n) is 17.2. The van der Waals surface area contributed by atoms with Gasteiger partial charge in [-0.05, 0) is 62.2 Å². The number of benzene rings is 2. The van der Waals surface area contributed by atoms with Gasteiger partial charge in [-0.15, -0.1) is 11.8 Å². The highest BCUT2D eigenvalue weighted by atomic mass is 35.5. The topological polar surface area (TPSA) is 36.4 Å². The average Bonchev–Trinajstić information content (AvgIpc) is 3.20. The van der Waals surface area contributed by atoms with Crippen LogP contribution in [0.5, 0.6) is 0 Å². The van der Waals surface area contributed by atoms with Gasteiger partial charge in [-0.2, -0.15) is 0 Å². The molecule has 1 heterocycles. The van der Waals surface area contributed by atoms with Crippen LogP contribution in [0.1, 0.15) is 29.8 Å². The molecule has 0 aliphatic carbocycles. The number of rotatable bonds is 8. The lowest BCUT2D eigenvalue weighted by molar-refractivity contribution is 0.0983. The second kappa shape index (κ2) is 9.94. The zero-order valence-corrected chi connectivity index (χ0v) is 19.6. The Morgan fingerprint density at radius 2 is 1.79 bits per heavy atom. The van der Waals surface area contributed by atoms with Crippen molar-refractivity contribution in [1.29, 1.82) is 0 Å². The fourth-order valence-electron chi connectivity index (χ4n) is 3.16. The van der Waals surface area contributed by atoms with Gasteiger partial charge in [-0.1, -0.05) is 42.9 Å².